The summed E-state index contributed by atoms with van der Waals surface area (Å²) < 4.78 is 1.02. The molecule has 0 amide bonds. The molecule has 2 nitrogen and oxygen atoms in total. The Bertz CT molecular complexity index is 360. The molecule has 0 aromatic carbocycles. The molecule has 1 aliphatic rings. The molecule has 3 heteroatoms. The molecule has 1 N–H and O–H groups in total. The van der Waals surface area contributed by atoms with E-state index in [0.717, 1.165) is 16.7 Å². The van der Waals surface area contributed by atoms with Crippen molar-refractivity contribution in [2.75, 3.05) is 11.9 Å². The number of nitrogens with one attached hydrogen (secondary N) is 1. The van der Waals surface area contributed by atoms with Gasteiger partial charge >= 0.3 is 0 Å². The van der Waals surface area contributed by atoms with Gasteiger partial charge in [0.25, 0.3) is 0 Å². The first-order chi connectivity index (χ1) is 7.34. The number of pyridine rings is 1. The van der Waals surface area contributed by atoms with Crippen molar-refractivity contribution in [3.63, 3.8) is 0 Å². The van der Waals surface area contributed by atoms with Gasteiger partial charge in [0, 0.05) is 17.2 Å². The molecule has 0 atom stereocenters. The molecule has 0 bridgehead atoms. The number of hydrogen-bond donors (Lipinski definition) is 1. The van der Waals surface area contributed by atoms with Crippen LogP contribution in [-0.4, -0.2) is 11.5 Å². The summed E-state index contributed by atoms with van der Waals surface area (Å²) in [5.74, 6) is 0. The van der Waals surface area contributed by atoms with Crippen molar-refractivity contribution >= 4 is 21.6 Å². The summed E-state index contributed by atoms with van der Waals surface area (Å²) in [6, 6.07) is 2.05. The Morgan fingerprint density at radius 1 is 1.33 bits per heavy atom. The van der Waals surface area contributed by atoms with E-state index in [1.165, 1.54) is 31.3 Å². The van der Waals surface area contributed by atoms with Gasteiger partial charge in [-0.1, -0.05) is 11.6 Å². The minimum Gasteiger partial charge on any atom is -0.380 e. The highest BCUT2D eigenvalue weighted by atomic mass is 79.9. The van der Waals surface area contributed by atoms with Crippen LogP contribution in [0, 0.1) is 0 Å². The third-order valence-corrected chi connectivity index (χ3v) is 3.04. The van der Waals surface area contributed by atoms with Crippen molar-refractivity contribution in [3.8, 4) is 0 Å². The van der Waals surface area contributed by atoms with E-state index in [2.05, 4.69) is 38.4 Å². The largest absolute Gasteiger partial charge is 0.380 e. The highest BCUT2D eigenvalue weighted by molar-refractivity contribution is 9.10. The number of halogens is 1. The maximum absolute atomic E-state index is 4.12. The van der Waals surface area contributed by atoms with Gasteiger partial charge in [0.2, 0.25) is 0 Å². The normalized spacial score (nSPS) is 15.9. The molecule has 1 aliphatic carbocycles. The Morgan fingerprint density at radius 3 is 3.00 bits per heavy atom. The standard InChI is InChI=1S/C12H15BrN2/c13-11-6-12(9-14-8-11)15-7-10-4-2-1-3-5-10/h4,6,8-9,15H,1-3,5,7H2. The van der Waals surface area contributed by atoms with Crippen molar-refractivity contribution in [2.45, 2.75) is 25.7 Å². The highest BCUT2D eigenvalue weighted by Gasteiger charge is 2.03. The predicted octanol–water partition coefficient (Wildman–Crippen LogP) is 3.76. The Hall–Kier alpha value is -0.830. The van der Waals surface area contributed by atoms with Gasteiger partial charge in [-0.15, -0.1) is 0 Å². The molecule has 0 spiro atoms. The van der Waals surface area contributed by atoms with E-state index in [4.69, 9.17) is 0 Å². The molecular formula is C12H15BrN2. The van der Waals surface area contributed by atoms with E-state index >= 15 is 0 Å². The zero-order chi connectivity index (χ0) is 10.5. The third-order valence-electron chi connectivity index (χ3n) is 2.61. The van der Waals surface area contributed by atoms with Crippen LogP contribution in [-0.2, 0) is 0 Å². The zero-order valence-electron chi connectivity index (χ0n) is 8.67. The van der Waals surface area contributed by atoms with Crippen LogP contribution in [0.2, 0.25) is 0 Å². The maximum atomic E-state index is 4.12. The zero-order valence-corrected chi connectivity index (χ0v) is 10.3. The van der Waals surface area contributed by atoms with Crippen molar-refractivity contribution in [1.29, 1.82) is 0 Å². The number of aromatic nitrogens is 1. The van der Waals surface area contributed by atoms with Crippen LogP contribution in [0.25, 0.3) is 0 Å². The van der Waals surface area contributed by atoms with E-state index in [1.54, 1.807) is 6.20 Å². The summed E-state index contributed by atoms with van der Waals surface area (Å²) in [6.45, 7) is 0.956. The second kappa shape index (κ2) is 5.31. The van der Waals surface area contributed by atoms with Gasteiger partial charge in [0.15, 0.2) is 0 Å². The summed E-state index contributed by atoms with van der Waals surface area (Å²) in [7, 11) is 0. The van der Waals surface area contributed by atoms with Crippen LogP contribution in [0.4, 0.5) is 5.69 Å². The fraction of sp³-hybridized carbons (Fsp3) is 0.417. The molecule has 0 saturated heterocycles. The van der Waals surface area contributed by atoms with Crippen molar-refractivity contribution in [1.82, 2.24) is 4.98 Å². The molecule has 80 valence electrons. The third kappa shape index (κ3) is 3.34. The quantitative estimate of drug-likeness (QED) is 0.843. The highest BCUT2D eigenvalue weighted by Crippen LogP contribution is 2.19. The van der Waals surface area contributed by atoms with Crippen LogP contribution < -0.4 is 5.32 Å². The monoisotopic (exact) mass is 266 g/mol. The number of allylic oxidation sites excluding steroid dienone is 1. The van der Waals surface area contributed by atoms with Crippen LogP contribution in [0.15, 0.2) is 34.6 Å². The first kappa shape index (κ1) is 10.7. The maximum Gasteiger partial charge on any atom is 0.0540 e. The summed E-state index contributed by atoms with van der Waals surface area (Å²) in [4.78, 5) is 4.12. The van der Waals surface area contributed by atoms with E-state index < -0.39 is 0 Å². The van der Waals surface area contributed by atoms with Crippen molar-refractivity contribution < 1.29 is 0 Å². The Morgan fingerprint density at radius 2 is 2.27 bits per heavy atom. The SMILES string of the molecule is Brc1cncc(NCC2=CCCCC2)c1. The second-order valence-corrected chi connectivity index (χ2v) is 4.77. The second-order valence-electron chi connectivity index (χ2n) is 3.85. The smallest absolute Gasteiger partial charge is 0.0540 e. The lowest BCUT2D eigenvalue weighted by Crippen LogP contribution is -2.07. The number of anilines is 1. The Balaban J connectivity index is 1.90. The molecule has 1 heterocycles. The Labute approximate surface area is 98.9 Å². The van der Waals surface area contributed by atoms with E-state index in [-0.39, 0.29) is 0 Å². The van der Waals surface area contributed by atoms with Gasteiger partial charge in [-0.25, -0.2) is 0 Å². The summed E-state index contributed by atoms with van der Waals surface area (Å²) in [6.07, 6.45) is 11.2. The molecule has 2 rings (SSSR count). The van der Waals surface area contributed by atoms with Gasteiger partial charge in [-0.05, 0) is 47.7 Å². The van der Waals surface area contributed by atoms with Gasteiger partial charge in [0.05, 0.1) is 11.9 Å². The van der Waals surface area contributed by atoms with Crippen LogP contribution in [0.3, 0.4) is 0 Å². The number of hydrogen-bond acceptors (Lipinski definition) is 2. The number of rotatable bonds is 3. The number of nitrogens with zero attached hydrogens (tertiary/aromatic N) is 1. The lowest BCUT2D eigenvalue weighted by Gasteiger charge is -2.13. The molecule has 0 fully saturated rings. The topological polar surface area (TPSA) is 24.9 Å². The van der Waals surface area contributed by atoms with Crippen LogP contribution in [0.1, 0.15) is 25.7 Å². The molecule has 1 aromatic rings. The summed E-state index contributed by atoms with van der Waals surface area (Å²) in [5, 5.41) is 3.39. The average Bonchev–Trinajstić information content (AvgIpc) is 2.28. The van der Waals surface area contributed by atoms with Crippen molar-refractivity contribution in [2.24, 2.45) is 0 Å². The van der Waals surface area contributed by atoms with E-state index in [0.29, 0.717) is 0 Å². The average molecular weight is 267 g/mol. The molecule has 15 heavy (non-hydrogen) atoms. The lowest BCUT2D eigenvalue weighted by molar-refractivity contribution is 0.695. The van der Waals surface area contributed by atoms with Gasteiger partial charge in [-0.2, -0.15) is 0 Å². The lowest BCUT2D eigenvalue weighted by atomic mass is 10.00. The van der Waals surface area contributed by atoms with E-state index in [1.807, 2.05) is 6.20 Å². The van der Waals surface area contributed by atoms with E-state index in [9.17, 15) is 0 Å². The fourth-order valence-electron chi connectivity index (χ4n) is 1.79. The predicted molar refractivity (Wildman–Crippen MR) is 67.0 cm³/mol. The first-order valence-corrected chi connectivity index (χ1v) is 6.16. The van der Waals surface area contributed by atoms with Crippen LogP contribution >= 0.6 is 15.9 Å². The van der Waals surface area contributed by atoms with Gasteiger partial charge < -0.3 is 5.32 Å². The summed E-state index contributed by atoms with van der Waals surface area (Å²) in [5.41, 5.74) is 2.61. The molecular weight excluding hydrogens is 252 g/mol. The fourth-order valence-corrected chi connectivity index (χ4v) is 2.15. The summed E-state index contributed by atoms with van der Waals surface area (Å²) >= 11 is 3.41. The van der Waals surface area contributed by atoms with Gasteiger partial charge in [-0.3, -0.25) is 4.98 Å². The Kier molecular flexibility index (Phi) is 3.78. The van der Waals surface area contributed by atoms with Crippen molar-refractivity contribution in [3.05, 3.63) is 34.6 Å². The molecule has 1 aromatic heterocycles. The minimum atomic E-state index is 0.956. The van der Waals surface area contributed by atoms with Gasteiger partial charge in [0.1, 0.15) is 0 Å². The molecule has 0 unspecified atom stereocenters. The van der Waals surface area contributed by atoms with Crippen LogP contribution in [0.5, 0.6) is 0 Å². The molecule has 0 saturated carbocycles. The first-order valence-electron chi connectivity index (χ1n) is 5.37. The molecule has 0 aliphatic heterocycles. The molecule has 0 radical (unpaired) electrons. The minimum absolute atomic E-state index is 0.956.